The van der Waals surface area contributed by atoms with Crippen molar-refractivity contribution in [3.05, 3.63) is 34.1 Å². The molecule has 1 rings (SSSR count). The topological polar surface area (TPSA) is 32.3 Å². The summed E-state index contributed by atoms with van der Waals surface area (Å²) in [7, 11) is 1.69. The molecular formula is C10H13BrFNO. The summed E-state index contributed by atoms with van der Waals surface area (Å²) in [6, 6.07) is 4.68. The minimum absolute atomic E-state index is 0.156. The fourth-order valence-electron chi connectivity index (χ4n) is 1.22. The van der Waals surface area contributed by atoms with Crippen LogP contribution in [0.15, 0.2) is 22.7 Å². The zero-order chi connectivity index (χ0) is 10.8. The molecule has 2 nitrogen and oxygen atoms in total. The van der Waals surface area contributed by atoms with Gasteiger partial charge in [-0.05, 0) is 32.2 Å². The first-order chi connectivity index (χ1) is 6.53. The van der Waals surface area contributed by atoms with Crippen molar-refractivity contribution >= 4 is 15.9 Å². The quantitative estimate of drug-likeness (QED) is 0.873. The van der Waals surface area contributed by atoms with Gasteiger partial charge in [0, 0.05) is 10.0 Å². The normalized spacial score (nSPS) is 15.2. The van der Waals surface area contributed by atoms with Gasteiger partial charge in [0.05, 0.1) is 12.1 Å². The van der Waals surface area contributed by atoms with E-state index in [4.69, 9.17) is 0 Å². The van der Waals surface area contributed by atoms with E-state index in [-0.39, 0.29) is 12.4 Å². The summed E-state index contributed by atoms with van der Waals surface area (Å²) in [5.41, 5.74) is -0.287. The Bertz CT molecular complexity index is 326. The molecule has 1 aromatic rings. The van der Waals surface area contributed by atoms with Crippen LogP contribution in [0.3, 0.4) is 0 Å². The number of aliphatic hydroxyl groups excluding tert-OH is 1. The van der Waals surface area contributed by atoms with Crippen LogP contribution < -0.4 is 5.32 Å². The molecular weight excluding hydrogens is 249 g/mol. The maximum atomic E-state index is 13.5. The van der Waals surface area contributed by atoms with E-state index in [2.05, 4.69) is 21.2 Å². The second-order valence-electron chi connectivity index (χ2n) is 3.36. The first kappa shape index (κ1) is 11.6. The van der Waals surface area contributed by atoms with Crippen molar-refractivity contribution < 1.29 is 9.50 Å². The van der Waals surface area contributed by atoms with E-state index in [1.165, 1.54) is 6.07 Å². The van der Waals surface area contributed by atoms with E-state index in [0.717, 1.165) is 4.47 Å². The van der Waals surface area contributed by atoms with E-state index >= 15 is 0 Å². The number of likely N-dealkylation sites (N-methyl/N-ethyl adjacent to an activating group) is 1. The Labute approximate surface area is 91.3 Å². The maximum Gasteiger partial charge on any atom is 0.128 e. The van der Waals surface area contributed by atoms with Crippen LogP contribution in [0.4, 0.5) is 4.39 Å². The summed E-state index contributed by atoms with van der Waals surface area (Å²) >= 11 is 3.27. The molecule has 0 aliphatic carbocycles. The Balaban J connectivity index is 3.22. The zero-order valence-electron chi connectivity index (χ0n) is 8.14. The summed E-state index contributed by atoms with van der Waals surface area (Å²) in [4.78, 5) is 0. The molecule has 0 aromatic heterocycles. The zero-order valence-corrected chi connectivity index (χ0v) is 9.73. The first-order valence-corrected chi connectivity index (χ1v) is 5.08. The van der Waals surface area contributed by atoms with E-state index < -0.39 is 5.54 Å². The van der Waals surface area contributed by atoms with Crippen molar-refractivity contribution in [1.82, 2.24) is 5.32 Å². The summed E-state index contributed by atoms with van der Waals surface area (Å²) in [6.07, 6.45) is 0. The molecule has 0 aliphatic rings. The lowest BCUT2D eigenvalue weighted by Crippen LogP contribution is -2.41. The number of nitrogens with one attached hydrogen (secondary N) is 1. The predicted octanol–water partition coefficient (Wildman–Crippen LogP) is 2.02. The minimum Gasteiger partial charge on any atom is -0.394 e. The predicted molar refractivity (Wildman–Crippen MR) is 57.6 cm³/mol. The smallest absolute Gasteiger partial charge is 0.128 e. The van der Waals surface area contributed by atoms with Crippen LogP contribution in [0.1, 0.15) is 12.5 Å². The monoisotopic (exact) mass is 261 g/mol. The van der Waals surface area contributed by atoms with Gasteiger partial charge < -0.3 is 10.4 Å². The Hall–Kier alpha value is -0.450. The summed E-state index contributed by atoms with van der Waals surface area (Å²) in [5, 5.41) is 12.1. The lowest BCUT2D eigenvalue weighted by molar-refractivity contribution is 0.179. The molecule has 0 fully saturated rings. The summed E-state index contributed by atoms with van der Waals surface area (Å²) < 4.78 is 14.3. The Morgan fingerprint density at radius 3 is 2.71 bits per heavy atom. The number of benzene rings is 1. The minimum atomic E-state index is -0.742. The highest BCUT2D eigenvalue weighted by Gasteiger charge is 2.26. The molecule has 78 valence electrons. The third-order valence-electron chi connectivity index (χ3n) is 2.39. The van der Waals surface area contributed by atoms with Gasteiger partial charge in [-0.2, -0.15) is 0 Å². The molecule has 0 amide bonds. The van der Waals surface area contributed by atoms with Crippen molar-refractivity contribution in [2.75, 3.05) is 13.7 Å². The van der Waals surface area contributed by atoms with Crippen LogP contribution in [0.25, 0.3) is 0 Å². The van der Waals surface area contributed by atoms with E-state index in [1.54, 1.807) is 26.1 Å². The van der Waals surface area contributed by atoms with Gasteiger partial charge in [0.2, 0.25) is 0 Å². The third-order valence-corrected chi connectivity index (χ3v) is 2.88. The summed E-state index contributed by atoms with van der Waals surface area (Å²) in [5.74, 6) is -0.320. The third kappa shape index (κ3) is 2.13. The lowest BCUT2D eigenvalue weighted by Gasteiger charge is -2.27. The van der Waals surface area contributed by atoms with Crippen molar-refractivity contribution in [3.8, 4) is 0 Å². The van der Waals surface area contributed by atoms with Gasteiger partial charge in [-0.3, -0.25) is 0 Å². The molecule has 0 bridgehead atoms. The van der Waals surface area contributed by atoms with E-state index in [1.807, 2.05) is 0 Å². The van der Waals surface area contributed by atoms with Crippen molar-refractivity contribution in [1.29, 1.82) is 0 Å². The number of rotatable bonds is 3. The summed E-state index contributed by atoms with van der Waals surface area (Å²) in [6.45, 7) is 1.59. The van der Waals surface area contributed by atoms with Crippen molar-refractivity contribution in [2.24, 2.45) is 0 Å². The van der Waals surface area contributed by atoms with E-state index in [9.17, 15) is 9.50 Å². The van der Waals surface area contributed by atoms with Gasteiger partial charge in [-0.1, -0.05) is 15.9 Å². The standard InChI is InChI=1S/C10H13BrFNO/c1-10(6-14,13-2)8-5-7(11)3-4-9(8)12/h3-5,13-14H,6H2,1-2H3. The molecule has 4 heteroatoms. The highest BCUT2D eigenvalue weighted by molar-refractivity contribution is 9.10. The molecule has 0 saturated heterocycles. The van der Waals surface area contributed by atoms with Gasteiger partial charge >= 0.3 is 0 Å². The van der Waals surface area contributed by atoms with Crippen LogP contribution in [0.2, 0.25) is 0 Å². The molecule has 2 N–H and O–H groups in total. The molecule has 1 atom stereocenters. The van der Waals surface area contributed by atoms with Crippen LogP contribution in [-0.4, -0.2) is 18.8 Å². The highest BCUT2D eigenvalue weighted by Crippen LogP contribution is 2.25. The lowest BCUT2D eigenvalue weighted by atomic mass is 9.93. The number of halogens is 2. The second kappa shape index (κ2) is 4.38. The second-order valence-corrected chi connectivity index (χ2v) is 4.28. The average molecular weight is 262 g/mol. The molecule has 0 saturated carbocycles. The average Bonchev–Trinajstić information content (AvgIpc) is 2.20. The SMILES string of the molecule is CNC(C)(CO)c1cc(Br)ccc1F. The van der Waals surface area contributed by atoms with Crippen molar-refractivity contribution in [2.45, 2.75) is 12.5 Å². The van der Waals surface area contributed by atoms with Crippen molar-refractivity contribution in [3.63, 3.8) is 0 Å². The Morgan fingerprint density at radius 1 is 1.57 bits per heavy atom. The molecule has 0 aliphatic heterocycles. The fourth-order valence-corrected chi connectivity index (χ4v) is 1.58. The Morgan fingerprint density at radius 2 is 2.21 bits per heavy atom. The van der Waals surface area contributed by atoms with Crippen LogP contribution in [-0.2, 0) is 5.54 Å². The fraction of sp³-hybridized carbons (Fsp3) is 0.400. The number of aliphatic hydroxyl groups is 1. The van der Waals surface area contributed by atoms with E-state index in [0.29, 0.717) is 5.56 Å². The van der Waals surface area contributed by atoms with Gasteiger partial charge in [-0.25, -0.2) is 4.39 Å². The van der Waals surface area contributed by atoms with Gasteiger partial charge in [0.1, 0.15) is 5.82 Å². The molecule has 0 spiro atoms. The maximum absolute atomic E-state index is 13.5. The van der Waals surface area contributed by atoms with Gasteiger partial charge in [0.25, 0.3) is 0 Å². The molecule has 0 heterocycles. The van der Waals surface area contributed by atoms with Crippen LogP contribution >= 0.6 is 15.9 Å². The highest BCUT2D eigenvalue weighted by atomic mass is 79.9. The largest absolute Gasteiger partial charge is 0.394 e. The first-order valence-electron chi connectivity index (χ1n) is 4.29. The van der Waals surface area contributed by atoms with Crippen LogP contribution in [0, 0.1) is 5.82 Å². The Kier molecular flexibility index (Phi) is 3.64. The molecule has 1 unspecified atom stereocenters. The van der Waals surface area contributed by atoms with Gasteiger partial charge in [0.15, 0.2) is 0 Å². The van der Waals surface area contributed by atoms with Crippen LogP contribution in [0.5, 0.6) is 0 Å². The van der Waals surface area contributed by atoms with Gasteiger partial charge in [-0.15, -0.1) is 0 Å². The molecule has 1 aromatic carbocycles. The number of hydrogen-bond acceptors (Lipinski definition) is 2. The number of hydrogen-bond donors (Lipinski definition) is 2. The molecule has 0 radical (unpaired) electrons. The molecule has 14 heavy (non-hydrogen) atoms.